The van der Waals surface area contributed by atoms with Crippen molar-refractivity contribution in [2.45, 2.75) is 83.5 Å². The standard InChI is InChI=1S/C46H41F5N6O4S/c1-45(2)43(61)56(30-16-15-28(24-52)35(22-30)46(49,50)51)44(62)57(45)31-17-18-32(36(48)23-31)42(60)53-19-6-4-3-5-10-39(59)54-25-26-11-13-27(14-12-26)41-33-8-7-9-38(58)34-20-29(47)21-37(55-41)40(33)34/h11-18,20-23,55H,3-10,19,25H2,1-2H3,(H,53,60)(H,54,59). The Morgan fingerprint density at radius 2 is 1.63 bits per heavy atom. The molecule has 1 fully saturated rings. The Kier molecular flexibility index (Phi) is 12.3. The van der Waals surface area contributed by atoms with E-state index in [0.717, 1.165) is 51.2 Å². The summed E-state index contributed by atoms with van der Waals surface area (Å²) in [5.41, 5.74) is 1.07. The number of carbonyl (C=O) groups excluding carboxylic acids is 4. The second-order valence-electron chi connectivity index (χ2n) is 15.8. The third kappa shape index (κ3) is 8.67. The first kappa shape index (κ1) is 43.6. The minimum absolute atomic E-state index is 0.0528. The molecule has 1 saturated heterocycles. The number of unbranched alkanes of at least 4 members (excludes halogenated alkanes) is 3. The highest BCUT2D eigenvalue weighted by Crippen LogP contribution is 2.41. The number of H-pyrrole nitrogens is 1. The summed E-state index contributed by atoms with van der Waals surface area (Å²) in [6, 6.07) is 18.4. The number of anilines is 2. The minimum atomic E-state index is -4.87. The van der Waals surface area contributed by atoms with Crippen molar-refractivity contribution in [1.29, 1.82) is 5.26 Å². The second kappa shape index (κ2) is 17.5. The van der Waals surface area contributed by atoms with Crippen LogP contribution in [0.3, 0.4) is 0 Å². The van der Waals surface area contributed by atoms with E-state index in [4.69, 9.17) is 17.5 Å². The van der Waals surface area contributed by atoms with Gasteiger partial charge < -0.3 is 20.5 Å². The van der Waals surface area contributed by atoms with Crippen LogP contribution >= 0.6 is 12.2 Å². The van der Waals surface area contributed by atoms with Crippen molar-refractivity contribution in [3.63, 3.8) is 0 Å². The fourth-order valence-corrected chi connectivity index (χ4v) is 8.59. The summed E-state index contributed by atoms with van der Waals surface area (Å²) in [7, 11) is 0. The van der Waals surface area contributed by atoms with E-state index in [1.54, 1.807) is 0 Å². The molecule has 0 radical (unpaired) electrons. The topological polar surface area (TPSA) is 138 Å². The van der Waals surface area contributed by atoms with Gasteiger partial charge in [-0.15, -0.1) is 0 Å². The molecular weight excluding hydrogens is 828 g/mol. The summed E-state index contributed by atoms with van der Waals surface area (Å²) in [6.45, 7) is 3.57. The monoisotopic (exact) mass is 868 g/mol. The molecule has 0 atom stereocenters. The van der Waals surface area contributed by atoms with Gasteiger partial charge in [0.1, 0.15) is 17.2 Å². The molecule has 0 saturated carbocycles. The van der Waals surface area contributed by atoms with Crippen molar-refractivity contribution < 1.29 is 41.1 Å². The van der Waals surface area contributed by atoms with Gasteiger partial charge in [0, 0.05) is 53.8 Å². The highest BCUT2D eigenvalue weighted by molar-refractivity contribution is 7.81. The van der Waals surface area contributed by atoms with Crippen molar-refractivity contribution in [1.82, 2.24) is 15.6 Å². The van der Waals surface area contributed by atoms with E-state index in [1.165, 1.54) is 55.1 Å². The number of alkyl halides is 3. The number of nitrogens with one attached hydrogen (secondary N) is 3. The molecule has 2 heterocycles. The van der Waals surface area contributed by atoms with Crippen molar-refractivity contribution >= 4 is 63.1 Å². The lowest BCUT2D eigenvalue weighted by Gasteiger charge is -2.29. The Morgan fingerprint density at radius 3 is 2.34 bits per heavy atom. The average Bonchev–Trinajstić information content (AvgIpc) is 3.60. The van der Waals surface area contributed by atoms with Crippen LogP contribution < -0.4 is 20.4 Å². The quantitative estimate of drug-likeness (QED) is 0.0609. The number of carbonyl (C=O) groups is 4. The number of hydrogen-bond donors (Lipinski definition) is 3. The van der Waals surface area contributed by atoms with Gasteiger partial charge in [0.25, 0.3) is 11.8 Å². The van der Waals surface area contributed by atoms with Gasteiger partial charge in [0.15, 0.2) is 10.9 Å². The molecule has 16 heteroatoms. The number of Topliss-reactive ketones (excluding diaryl/α,β-unsaturated/α-hetero) is 1. The second-order valence-corrected chi connectivity index (χ2v) is 16.2. The van der Waals surface area contributed by atoms with Crippen LogP contribution in [0.2, 0.25) is 0 Å². The normalized spacial score (nSPS) is 14.9. The number of aromatic amines is 1. The van der Waals surface area contributed by atoms with Crippen LogP contribution in [0.15, 0.2) is 72.8 Å². The van der Waals surface area contributed by atoms with Gasteiger partial charge in [-0.2, -0.15) is 18.4 Å². The van der Waals surface area contributed by atoms with Crippen molar-refractivity contribution in [2.24, 2.45) is 0 Å². The number of ketones is 1. The van der Waals surface area contributed by atoms with Crippen LogP contribution in [0, 0.1) is 23.0 Å². The predicted molar refractivity (Wildman–Crippen MR) is 227 cm³/mol. The molecule has 320 valence electrons. The Labute approximate surface area is 359 Å². The summed E-state index contributed by atoms with van der Waals surface area (Å²) in [4.78, 5) is 57.1. The molecule has 1 aromatic heterocycles. The van der Waals surface area contributed by atoms with E-state index in [1.807, 2.05) is 24.3 Å². The summed E-state index contributed by atoms with van der Waals surface area (Å²) >= 11 is 5.52. The molecule has 0 bridgehead atoms. The van der Waals surface area contributed by atoms with Gasteiger partial charge in [-0.1, -0.05) is 37.1 Å². The molecule has 0 spiro atoms. The molecule has 7 rings (SSSR count). The zero-order valence-corrected chi connectivity index (χ0v) is 34.6. The molecule has 3 amide bonds. The number of rotatable bonds is 13. The third-order valence-corrected chi connectivity index (χ3v) is 11.6. The van der Waals surface area contributed by atoms with Gasteiger partial charge in [0.2, 0.25) is 5.91 Å². The number of benzene rings is 4. The molecule has 5 aromatic rings. The van der Waals surface area contributed by atoms with Crippen molar-refractivity contribution in [3.8, 4) is 17.3 Å². The van der Waals surface area contributed by atoms with E-state index in [9.17, 15) is 36.7 Å². The first-order valence-electron chi connectivity index (χ1n) is 20.1. The highest BCUT2D eigenvalue weighted by atomic mass is 32.1. The Hall–Kier alpha value is -6.47. The van der Waals surface area contributed by atoms with E-state index >= 15 is 4.39 Å². The number of aromatic nitrogens is 1. The maximum absolute atomic E-state index is 15.4. The molecule has 4 aromatic carbocycles. The van der Waals surface area contributed by atoms with Gasteiger partial charge in [-0.25, -0.2) is 8.78 Å². The van der Waals surface area contributed by atoms with E-state index in [-0.39, 0.29) is 40.3 Å². The minimum Gasteiger partial charge on any atom is -0.354 e. The zero-order valence-electron chi connectivity index (χ0n) is 33.8. The Bertz CT molecular complexity index is 2670. The smallest absolute Gasteiger partial charge is 0.354 e. The number of hydrogen-bond acceptors (Lipinski definition) is 6. The number of nitriles is 1. The molecule has 1 aliphatic heterocycles. The molecule has 0 unspecified atom stereocenters. The number of thiocarbonyl (C=S) groups is 1. The van der Waals surface area contributed by atoms with Crippen molar-refractivity contribution in [2.75, 3.05) is 16.3 Å². The average molecular weight is 869 g/mol. The summed E-state index contributed by atoms with van der Waals surface area (Å²) in [6.07, 6.45) is -0.115. The SMILES string of the molecule is CC1(C)C(=O)N(c2ccc(C#N)c(C(F)(F)F)c2)C(=S)N1c1ccc(C(=O)NCCCCCCC(=O)NCc2ccc(-c3[nH]c4cc(F)cc5c4c3CCCC5=O)cc2)c(F)c1. The number of amides is 3. The first-order chi connectivity index (χ1) is 29.5. The fourth-order valence-electron chi connectivity index (χ4n) is 8.07. The van der Waals surface area contributed by atoms with Crippen LogP contribution in [-0.2, 0) is 28.7 Å². The van der Waals surface area contributed by atoms with Gasteiger partial charge in [-0.05, 0) is 117 Å². The van der Waals surface area contributed by atoms with Crippen LogP contribution in [-0.4, -0.2) is 45.7 Å². The lowest BCUT2D eigenvalue weighted by molar-refractivity contribution is -0.137. The van der Waals surface area contributed by atoms with Crippen molar-refractivity contribution in [3.05, 3.63) is 118 Å². The predicted octanol–water partition coefficient (Wildman–Crippen LogP) is 9.44. The van der Waals surface area contributed by atoms with Crippen LogP contribution in [0.1, 0.15) is 102 Å². The Balaban J connectivity index is 0.849. The third-order valence-electron chi connectivity index (χ3n) is 11.3. The highest BCUT2D eigenvalue weighted by Gasteiger charge is 2.51. The lowest BCUT2D eigenvalue weighted by atomic mass is 9.99. The maximum atomic E-state index is 15.4. The van der Waals surface area contributed by atoms with Crippen LogP contribution in [0.5, 0.6) is 0 Å². The zero-order chi connectivity index (χ0) is 44.5. The molecular formula is C46H41F5N6O4S. The van der Waals surface area contributed by atoms with Gasteiger partial charge in [-0.3, -0.25) is 24.1 Å². The molecule has 2 aliphatic rings. The maximum Gasteiger partial charge on any atom is 0.417 e. The van der Waals surface area contributed by atoms with Gasteiger partial charge in [0.05, 0.1) is 28.4 Å². The summed E-state index contributed by atoms with van der Waals surface area (Å²) in [5.74, 6) is -2.83. The first-order valence-corrected chi connectivity index (χ1v) is 20.5. The summed E-state index contributed by atoms with van der Waals surface area (Å²) < 4.78 is 70.7. The van der Waals surface area contributed by atoms with E-state index < -0.39 is 46.3 Å². The fraction of sp³-hybridized carbons (Fsp3) is 0.304. The van der Waals surface area contributed by atoms with E-state index in [2.05, 4.69) is 15.6 Å². The molecule has 1 aliphatic carbocycles. The van der Waals surface area contributed by atoms with Crippen LogP contribution in [0.25, 0.3) is 22.2 Å². The molecule has 62 heavy (non-hydrogen) atoms. The van der Waals surface area contributed by atoms with Crippen LogP contribution in [0.4, 0.5) is 33.3 Å². The summed E-state index contributed by atoms with van der Waals surface area (Å²) in [5, 5.41) is 15.4. The molecule has 10 nitrogen and oxygen atoms in total. The lowest BCUT2D eigenvalue weighted by Crippen LogP contribution is -2.44. The number of aryl methyl sites for hydroxylation is 1. The molecule has 3 N–H and O–H groups in total. The number of nitrogens with zero attached hydrogens (tertiary/aromatic N) is 3. The largest absolute Gasteiger partial charge is 0.417 e. The number of halogens is 5. The Morgan fingerprint density at radius 1 is 0.903 bits per heavy atom. The van der Waals surface area contributed by atoms with Gasteiger partial charge >= 0.3 is 6.18 Å². The van der Waals surface area contributed by atoms with E-state index in [0.29, 0.717) is 68.6 Å².